The van der Waals surface area contributed by atoms with Crippen molar-refractivity contribution in [2.24, 2.45) is 11.7 Å². The molecule has 0 rings (SSSR count). The molecule has 86 valence electrons. The topological polar surface area (TPSA) is 109 Å². The average molecular weight is 216 g/mol. The normalized spacial score (nSPS) is 11.8. The van der Waals surface area contributed by atoms with Crippen molar-refractivity contribution in [2.45, 2.75) is 26.2 Å². The van der Waals surface area contributed by atoms with E-state index < -0.39 is 17.8 Å². The van der Waals surface area contributed by atoms with Crippen LogP contribution in [0.2, 0.25) is 0 Å². The zero-order valence-electron chi connectivity index (χ0n) is 8.66. The summed E-state index contributed by atoms with van der Waals surface area (Å²) in [5.41, 5.74) is 4.92. The summed E-state index contributed by atoms with van der Waals surface area (Å²) in [6, 6.07) is 0. The Kier molecular flexibility index (Phi) is 6.08. The van der Waals surface area contributed by atoms with Gasteiger partial charge in [0.15, 0.2) is 0 Å². The fourth-order valence-electron chi connectivity index (χ4n) is 0.901. The van der Waals surface area contributed by atoms with Gasteiger partial charge >= 0.3 is 5.97 Å². The third-order valence-electron chi connectivity index (χ3n) is 1.91. The maximum absolute atomic E-state index is 11.1. The number of primary amides is 1. The van der Waals surface area contributed by atoms with Crippen LogP contribution in [0.5, 0.6) is 0 Å². The summed E-state index contributed by atoms with van der Waals surface area (Å²) in [6.07, 6.45) is 1.49. The summed E-state index contributed by atoms with van der Waals surface area (Å²) in [5, 5.41) is 11.0. The van der Waals surface area contributed by atoms with E-state index in [0.717, 1.165) is 0 Å². The van der Waals surface area contributed by atoms with E-state index in [-0.39, 0.29) is 12.3 Å². The summed E-state index contributed by atoms with van der Waals surface area (Å²) < 4.78 is 0. The molecule has 0 saturated heterocycles. The molecule has 6 heteroatoms. The first-order valence-electron chi connectivity index (χ1n) is 4.74. The van der Waals surface area contributed by atoms with Crippen molar-refractivity contribution in [1.82, 2.24) is 5.32 Å². The number of nitrogens with one attached hydrogen (secondary N) is 1. The lowest BCUT2D eigenvalue weighted by Gasteiger charge is -2.07. The van der Waals surface area contributed by atoms with Gasteiger partial charge in [-0.05, 0) is 19.8 Å². The predicted octanol–water partition coefficient (Wildman–Crippen LogP) is -0.521. The highest BCUT2D eigenvalue weighted by molar-refractivity contribution is 5.96. The number of aliphatic carboxylic acids is 1. The van der Waals surface area contributed by atoms with E-state index in [1.54, 1.807) is 0 Å². The second-order valence-electron chi connectivity index (χ2n) is 3.27. The quantitative estimate of drug-likeness (QED) is 0.393. The van der Waals surface area contributed by atoms with Crippen molar-refractivity contribution < 1.29 is 19.5 Å². The molecule has 0 fully saturated rings. The Bertz CT molecular complexity index is 252. The number of hydrogen-bond acceptors (Lipinski definition) is 3. The maximum Gasteiger partial charge on any atom is 0.315 e. The molecule has 0 bridgehead atoms. The molecular weight excluding hydrogens is 200 g/mol. The van der Waals surface area contributed by atoms with Gasteiger partial charge in [-0.1, -0.05) is 0 Å². The first kappa shape index (κ1) is 13.4. The molecule has 0 aliphatic rings. The van der Waals surface area contributed by atoms with Crippen molar-refractivity contribution >= 4 is 17.8 Å². The molecule has 1 atom stereocenters. The number of hydrogen-bond donors (Lipinski definition) is 3. The number of rotatable bonds is 7. The van der Waals surface area contributed by atoms with Gasteiger partial charge in [0.1, 0.15) is 5.92 Å². The number of carbonyl (C=O) groups is 3. The summed E-state index contributed by atoms with van der Waals surface area (Å²) in [5.74, 6) is -3.08. The molecule has 0 saturated carbocycles. The summed E-state index contributed by atoms with van der Waals surface area (Å²) in [4.78, 5) is 31.8. The molecule has 1 unspecified atom stereocenters. The number of nitrogens with two attached hydrogens (primary N) is 1. The van der Waals surface area contributed by atoms with E-state index in [4.69, 9.17) is 10.8 Å². The van der Waals surface area contributed by atoms with Gasteiger partial charge in [0.25, 0.3) is 0 Å². The molecule has 0 aliphatic heterocycles. The van der Waals surface area contributed by atoms with Crippen LogP contribution >= 0.6 is 0 Å². The monoisotopic (exact) mass is 216 g/mol. The van der Waals surface area contributed by atoms with E-state index in [9.17, 15) is 14.4 Å². The second-order valence-corrected chi connectivity index (χ2v) is 3.27. The van der Waals surface area contributed by atoms with Crippen LogP contribution in [0.1, 0.15) is 26.2 Å². The van der Waals surface area contributed by atoms with Crippen LogP contribution in [-0.4, -0.2) is 29.4 Å². The molecule has 0 aromatic heterocycles. The highest BCUT2D eigenvalue weighted by Crippen LogP contribution is 1.96. The zero-order chi connectivity index (χ0) is 11.8. The maximum atomic E-state index is 11.1. The van der Waals surface area contributed by atoms with Gasteiger partial charge in [-0.2, -0.15) is 0 Å². The lowest BCUT2D eigenvalue weighted by atomic mass is 10.1. The minimum absolute atomic E-state index is 0.282. The Morgan fingerprint density at radius 3 is 2.40 bits per heavy atom. The summed E-state index contributed by atoms with van der Waals surface area (Å²) in [7, 11) is 0. The fourth-order valence-corrected chi connectivity index (χ4v) is 0.901. The van der Waals surface area contributed by atoms with Gasteiger partial charge in [0, 0.05) is 13.0 Å². The van der Waals surface area contributed by atoms with Crippen LogP contribution < -0.4 is 11.1 Å². The van der Waals surface area contributed by atoms with Crippen molar-refractivity contribution in [1.29, 1.82) is 0 Å². The molecule has 6 nitrogen and oxygen atoms in total. The molecular formula is C9H16N2O4. The van der Waals surface area contributed by atoms with E-state index in [1.807, 2.05) is 0 Å². The van der Waals surface area contributed by atoms with Crippen LogP contribution in [0, 0.1) is 5.92 Å². The molecule has 15 heavy (non-hydrogen) atoms. The van der Waals surface area contributed by atoms with Crippen LogP contribution in [0.4, 0.5) is 0 Å². The summed E-state index contributed by atoms with van der Waals surface area (Å²) >= 11 is 0. The van der Waals surface area contributed by atoms with Gasteiger partial charge in [-0.15, -0.1) is 0 Å². The molecule has 0 aromatic rings. The Balaban J connectivity index is 3.55. The van der Waals surface area contributed by atoms with Gasteiger partial charge in [0.05, 0.1) is 0 Å². The van der Waals surface area contributed by atoms with Crippen molar-refractivity contribution in [2.75, 3.05) is 6.54 Å². The number of unbranched alkanes of at least 4 members (excludes halogenated alkanes) is 1. The van der Waals surface area contributed by atoms with E-state index >= 15 is 0 Å². The predicted molar refractivity (Wildman–Crippen MR) is 52.9 cm³/mol. The van der Waals surface area contributed by atoms with E-state index in [1.165, 1.54) is 6.92 Å². The number of carboxylic acids is 1. The van der Waals surface area contributed by atoms with Crippen molar-refractivity contribution in [3.8, 4) is 0 Å². The van der Waals surface area contributed by atoms with Crippen molar-refractivity contribution in [3.05, 3.63) is 0 Å². The minimum Gasteiger partial charge on any atom is -0.481 e. The molecule has 4 N–H and O–H groups in total. The minimum atomic E-state index is -1.15. The van der Waals surface area contributed by atoms with Crippen LogP contribution in [-0.2, 0) is 14.4 Å². The first-order valence-corrected chi connectivity index (χ1v) is 4.74. The SMILES string of the molecule is CC(C(=O)O)C(=O)NCCCCC(N)=O. The van der Waals surface area contributed by atoms with Crippen LogP contribution in [0.15, 0.2) is 0 Å². The number of carboxylic acid groups (broad SMARTS) is 1. The lowest BCUT2D eigenvalue weighted by Crippen LogP contribution is -2.34. The fraction of sp³-hybridized carbons (Fsp3) is 0.667. The van der Waals surface area contributed by atoms with Crippen LogP contribution in [0.25, 0.3) is 0 Å². The third kappa shape index (κ3) is 6.48. The standard InChI is InChI=1S/C9H16N2O4/c1-6(9(14)15)8(13)11-5-3-2-4-7(10)12/h6H,2-5H2,1H3,(H2,10,12)(H,11,13)(H,14,15). The average Bonchev–Trinajstić information content (AvgIpc) is 2.15. The Labute approximate surface area is 87.8 Å². The van der Waals surface area contributed by atoms with Gasteiger partial charge in [-0.3, -0.25) is 14.4 Å². The largest absolute Gasteiger partial charge is 0.481 e. The third-order valence-corrected chi connectivity index (χ3v) is 1.91. The molecule has 0 radical (unpaired) electrons. The van der Waals surface area contributed by atoms with Crippen molar-refractivity contribution in [3.63, 3.8) is 0 Å². The number of carbonyl (C=O) groups excluding carboxylic acids is 2. The Morgan fingerprint density at radius 1 is 1.33 bits per heavy atom. The van der Waals surface area contributed by atoms with Gasteiger partial charge in [-0.25, -0.2) is 0 Å². The highest BCUT2D eigenvalue weighted by Gasteiger charge is 2.19. The molecule has 0 aliphatic carbocycles. The van der Waals surface area contributed by atoms with Gasteiger partial charge in [0.2, 0.25) is 11.8 Å². The first-order chi connectivity index (χ1) is 6.95. The zero-order valence-corrected chi connectivity index (χ0v) is 8.66. The molecule has 2 amide bonds. The Hall–Kier alpha value is -1.59. The van der Waals surface area contributed by atoms with E-state index in [2.05, 4.69) is 5.32 Å². The molecule has 0 aromatic carbocycles. The van der Waals surface area contributed by atoms with Crippen LogP contribution in [0.3, 0.4) is 0 Å². The number of amides is 2. The smallest absolute Gasteiger partial charge is 0.315 e. The summed E-state index contributed by atoms with van der Waals surface area (Å²) in [6.45, 7) is 1.69. The molecule has 0 spiro atoms. The van der Waals surface area contributed by atoms with Gasteiger partial charge < -0.3 is 16.2 Å². The molecule has 0 heterocycles. The second kappa shape index (κ2) is 6.80. The lowest BCUT2D eigenvalue weighted by molar-refractivity contribution is -0.146. The Morgan fingerprint density at radius 2 is 1.93 bits per heavy atom. The van der Waals surface area contributed by atoms with E-state index in [0.29, 0.717) is 19.4 Å². The highest BCUT2D eigenvalue weighted by atomic mass is 16.4.